The summed E-state index contributed by atoms with van der Waals surface area (Å²) in [6, 6.07) is 0. The van der Waals surface area contributed by atoms with Gasteiger partial charge in [-0.2, -0.15) is 0 Å². The number of aromatic nitrogens is 6. The minimum atomic E-state index is 0.914. The third kappa shape index (κ3) is 3.35. The van der Waals surface area contributed by atoms with Crippen molar-refractivity contribution in [2.75, 3.05) is 11.5 Å². The van der Waals surface area contributed by atoms with E-state index in [9.17, 15) is 0 Å². The van der Waals surface area contributed by atoms with Crippen LogP contribution in [0.25, 0.3) is 0 Å². The van der Waals surface area contributed by atoms with Gasteiger partial charge in [-0.3, -0.25) is 0 Å². The van der Waals surface area contributed by atoms with Crippen molar-refractivity contribution in [3.8, 4) is 0 Å². The molecule has 0 saturated carbocycles. The normalized spacial score (nSPS) is 11.2. The van der Waals surface area contributed by atoms with E-state index in [2.05, 4.69) is 43.4 Å². The first-order chi connectivity index (χ1) is 9.67. The van der Waals surface area contributed by atoms with Crippen LogP contribution in [0.5, 0.6) is 0 Å². The molecule has 8 heteroatoms. The van der Waals surface area contributed by atoms with Crippen molar-refractivity contribution >= 4 is 23.5 Å². The Balaban J connectivity index is 1.81. The number of nitrogens with zero attached hydrogens (tertiary/aromatic N) is 6. The van der Waals surface area contributed by atoms with Gasteiger partial charge in [0.25, 0.3) is 0 Å². The summed E-state index contributed by atoms with van der Waals surface area (Å²) >= 11 is 3.46. The van der Waals surface area contributed by atoms with E-state index >= 15 is 0 Å². The number of hydrogen-bond donors (Lipinski definition) is 0. The van der Waals surface area contributed by atoms with Gasteiger partial charge < -0.3 is 9.13 Å². The highest BCUT2D eigenvalue weighted by Crippen LogP contribution is 2.21. The van der Waals surface area contributed by atoms with Crippen LogP contribution in [0.3, 0.4) is 0 Å². The fraction of sp³-hybridized carbons (Fsp3) is 0.667. The van der Waals surface area contributed by atoms with Crippen LogP contribution in [0.1, 0.15) is 25.5 Å². The van der Waals surface area contributed by atoms with Crippen LogP contribution >= 0.6 is 23.5 Å². The molecule has 0 atom stereocenters. The van der Waals surface area contributed by atoms with E-state index in [1.807, 2.05) is 14.1 Å². The Kier molecular flexibility index (Phi) is 5.47. The molecule has 0 radical (unpaired) electrons. The maximum absolute atomic E-state index is 4.20. The van der Waals surface area contributed by atoms with Gasteiger partial charge in [-0.25, -0.2) is 0 Å². The minimum absolute atomic E-state index is 0.914. The van der Waals surface area contributed by atoms with Crippen LogP contribution in [0.15, 0.2) is 10.3 Å². The van der Waals surface area contributed by atoms with E-state index in [1.165, 1.54) is 0 Å². The standard InChI is InChI=1S/C12H20N6S2/c1-5-9-13-15-11(17(9)3)19-7-8-20-12-16-14-10(6-2)18(12)4/h5-8H2,1-4H3. The summed E-state index contributed by atoms with van der Waals surface area (Å²) < 4.78 is 4.12. The Labute approximate surface area is 127 Å². The first-order valence-electron chi connectivity index (χ1n) is 6.69. The lowest BCUT2D eigenvalue weighted by Crippen LogP contribution is -1.99. The van der Waals surface area contributed by atoms with Gasteiger partial charge in [0.1, 0.15) is 11.6 Å². The molecule has 0 aliphatic heterocycles. The second-order valence-corrected chi connectivity index (χ2v) is 6.44. The van der Waals surface area contributed by atoms with Crippen molar-refractivity contribution in [3.63, 3.8) is 0 Å². The molecule has 0 spiro atoms. The number of thioether (sulfide) groups is 2. The van der Waals surface area contributed by atoms with Gasteiger partial charge in [0.15, 0.2) is 10.3 Å². The SMILES string of the molecule is CCc1nnc(SCCSc2nnc(CC)n2C)n1C. The maximum atomic E-state index is 4.20. The summed E-state index contributed by atoms with van der Waals surface area (Å²) in [5, 5.41) is 18.7. The van der Waals surface area contributed by atoms with Crippen LogP contribution in [0.2, 0.25) is 0 Å². The zero-order valence-electron chi connectivity index (χ0n) is 12.3. The number of hydrogen-bond acceptors (Lipinski definition) is 6. The predicted molar refractivity (Wildman–Crippen MR) is 82.2 cm³/mol. The summed E-state index contributed by atoms with van der Waals surface area (Å²) in [5.41, 5.74) is 0. The van der Waals surface area contributed by atoms with E-state index < -0.39 is 0 Å². The molecule has 2 rings (SSSR count). The third-order valence-corrected chi connectivity index (χ3v) is 5.33. The molecule has 2 heterocycles. The van der Waals surface area contributed by atoms with Gasteiger partial charge in [-0.15, -0.1) is 20.4 Å². The van der Waals surface area contributed by atoms with Crippen molar-refractivity contribution in [1.29, 1.82) is 0 Å². The molecule has 0 aromatic carbocycles. The molecule has 0 aliphatic rings. The fourth-order valence-electron chi connectivity index (χ4n) is 1.82. The topological polar surface area (TPSA) is 61.4 Å². The highest BCUT2D eigenvalue weighted by atomic mass is 32.2. The van der Waals surface area contributed by atoms with E-state index in [4.69, 9.17) is 0 Å². The van der Waals surface area contributed by atoms with Crippen molar-refractivity contribution in [1.82, 2.24) is 29.5 Å². The first kappa shape index (κ1) is 15.4. The molecule has 0 unspecified atom stereocenters. The maximum Gasteiger partial charge on any atom is 0.190 e. The Morgan fingerprint density at radius 3 is 1.45 bits per heavy atom. The molecule has 2 aromatic rings. The lowest BCUT2D eigenvalue weighted by Gasteiger charge is -2.03. The van der Waals surface area contributed by atoms with Crippen LogP contribution in [0, 0.1) is 0 Å². The Morgan fingerprint density at radius 2 is 1.15 bits per heavy atom. The van der Waals surface area contributed by atoms with Crippen LogP contribution < -0.4 is 0 Å². The van der Waals surface area contributed by atoms with Gasteiger partial charge in [0, 0.05) is 38.4 Å². The quantitative estimate of drug-likeness (QED) is 0.575. The van der Waals surface area contributed by atoms with Crippen molar-refractivity contribution in [2.45, 2.75) is 37.0 Å². The molecular formula is C12H20N6S2. The first-order valence-corrected chi connectivity index (χ1v) is 8.66. The zero-order chi connectivity index (χ0) is 14.5. The molecule has 0 saturated heterocycles. The summed E-state index contributed by atoms with van der Waals surface area (Å²) in [7, 11) is 4.04. The molecule has 0 fully saturated rings. The fourth-order valence-corrected chi connectivity index (χ4v) is 3.65. The molecule has 110 valence electrons. The Bertz CT molecular complexity index is 512. The van der Waals surface area contributed by atoms with Crippen LogP contribution in [-0.4, -0.2) is 41.0 Å². The molecule has 20 heavy (non-hydrogen) atoms. The number of rotatable bonds is 7. The summed E-state index contributed by atoms with van der Waals surface area (Å²) in [6.07, 6.45) is 1.83. The predicted octanol–water partition coefficient (Wildman–Crippen LogP) is 1.95. The summed E-state index contributed by atoms with van der Waals surface area (Å²) in [5.74, 6) is 4.02. The summed E-state index contributed by atoms with van der Waals surface area (Å²) in [6.45, 7) is 4.18. The largest absolute Gasteiger partial charge is 0.309 e. The monoisotopic (exact) mass is 312 g/mol. The molecule has 0 bridgehead atoms. The average Bonchev–Trinajstić information content (AvgIpc) is 2.99. The average molecular weight is 312 g/mol. The highest BCUT2D eigenvalue weighted by Gasteiger charge is 2.09. The zero-order valence-corrected chi connectivity index (χ0v) is 14.0. The number of aryl methyl sites for hydroxylation is 2. The van der Waals surface area contributed by atoms with Gasteiger partial charge in [0.05, 0.1) is 0 Å². The lowest BCUT2D eigenvalue weighted by molar-refractivity contribution is 0.741. The van der Waals surface area contributed by atoms with Gasteiger partial charge in [0.2, 0.25) is 0 Å². The van der Waals surface area contributed by atoms with Gasteiger partial charge in [-0.1, -0.05) is 37.4 Å². The molecular weight excluding hydrogens is 292 g/mol. The van der Waals surface area contributed by atoms with Gasteiger partial charge in [-0.05, 0) is 0 Å². The molecule has 0 N–H and O–H groups in total. The Morgan fingerprint density at radius 1 is 0.750 bits per heavy atom. The van der Waals surface area contributed by atoms with E-state index in [0.29, 0.717) is 0 Å². The second-order valence-electron chi connectivity index (χ2n) is 4.32. The van der Waals surface area contributed by atoms with Crippen LogP contribution in [0.4, 0.5) is 0 Å². The second kappa shape index (κ2) is 7.12. The molecule has 6 nitrogen and oxygen atoms in total. The minimum Gasteiger partial charge on any atom is -0.309 e. The highest BCUT2D eigenvalue weighted by molar-refractivity contribution is 8.02. The van der Waals surface area contributed by atoms with Crippen LogP contribution in [-0.2, 0) is 26.9 Å². The van der Waals surface area contributed by atoms with Crippen molar-refractivity contribution in [3.05, 3.63) is 11.6 Å². The third-order valence-electron chi connectivity index (χ3n) is 3.03. The molecule has 0 aliphatic carbocycles. The van der Waals surface area contributed by atoms with Crippen molar-refractivity contribution < 1.29 is 0 Å². The van der Waals surface area contributed by atoms with E-state index in [0.717, 1.165) is 46.3 Å². The molecule has 2 aromatic heterocycles. The molecule has 0 amide bonds. The summed E-state index contributed by atoms with van der Waals surface area (Å²) in [4.78, 5) is 0. The smallest absolute Gasteiger partial charge is 0.190 e. The van der Waals surface area contributed by atoms with Gasteiger partial charge >= 0.3 is 0 Å². The Hall–Kier alpha value is -1.02. The lowest BCUT2D eigenvalue weighted by atomic mass is 10.5. The van der Waals surface area contributed by atoms with Crippen molar-refractivity contribution in [2.24, 2.45) is 14.1 Å². The van der Waals surface area contributed by atoms with E-state index in [-0.39, 0.29) is 0 Å². The van der Waals surface area contributed by atoms with E-state index in [1.54, 1.807) is 23.5 Å².